The first-order chi connectivity index (χ1) is 14.1. The van der Waals surface area contributed by atoms with Crippen molar-refractivity contribution in [3.05, 3.63) is 48.6 Å². The van der Waals surface area contributed by atoms with Gasteiger partial charge in [0, 0.05) is 0 Å². The highest BCUT2D eigenvalue weighted by Crippen LogP contribution is 2.38. The lowest BCUT2D eigenvalue weighted by molar-refractivity contribution is -0.318. The Morgan fingerprint density at radius 1 is 1.03 bits per heavy atom. The van der Waals surface area contributed by atoms with Crippen molar-refractivity contribution in [2.45, 2.75) is 60.0 Å². The van der Waals surface area contributed by atoms with Gasteiger partial charge in [0.15, 0.2) is 0 Å². The fourth-order valence-corrected chi connectivity index (χ4v) is 4.03. The van der Waals surface area contributed by atoms with Gasteiger partial charge in [-0.25, -0.2) is 0 Å². The van der Waals surface area contributed by atoms with Crippen molar-refractivity contribution in [1.82, 2.24) is 0 Å². The molecule has 1 aromatic carbocycles. The van der Waals surface area contributed by atoms with Gasteiger partial charge in [0.1, 0.15) is 60.0 Å². The summed E-state index contributed by atoms with van der Waals surface area (Å²) in [6, 6.07) is 8.03. The Balaban J connectivity index is 1.83. The molecule has 2 heterocycles. The van der Waals surface area contributed by atoms with Crippen molar-refractivity contribution in [1.29, 1.82) is 0 Å². The summed E-state index contributed by atoms with van der Waals surface area (Å²) in [5.41, 5.74) is -4.14. The topological polar surface area (TPSA) is 180 Å². The molecule has 30 heavy (non-hydrogen) atoms. The highest BCUT2D eigenvalue weighted by molar-refractivity contribution is 5.29. The van der Waals surface area contributed by atoms with E-state index in [1.807, 2.05) is 0 Å². The lowest BCUT2D eigenvalue weighted by Gasteiger charge is -2.51. The Morgan fingerprint density at radius 3 is 2.27 bits per heavy atom. The quantitative estimate of drug-likeness (QED) is 0.222. The second-order valence-corrected chi connectivity index (χ2v) is 7.85. The molecule has 2 saturated heterocycles. The van der Waals surface area contributed by atoms with E-state index in [0.29, 0.717) is 0 Å². The van der Waals surface area contributed by atoms with E-state index in [1.54, 1.807) is 18.2 Å². The summed E-state index contributed by atoms with van der Waals surface area (Å²) in [7, 11) is 0. The van der Waals surface area contributed by atoms with Gasteiger partial charge in [0.05, 0.1) is 13.2 Å². The molecule has 2 aliphatic rings. The van der Waals surface area contributed by atoms with Crippen molar-refractivity contribution in [3.63, 3.8) is 0 Å². The van der Waals surface area contributed by atoms with Crippen LogP contribution < -0.4 is 0 Å². The monoisotopic (exact) mass is 428 g/mol. The molecule has 3 rings (SSSR count). The zero-order chi connectivity index (χ0) is 22.3. The van der Waals surface area contributed by atoms with Crippen molar-refractivity contribution >= 4 is 0 Å². The van der Waals surface area contributed by atoms with Crippen LogP contribution in [0.25, 0.3) is 0 Å². The van der Waals surface area contributed by atoms with Gasteiger partial charge in [-0.1, -0.05) is 43.0 Å². The summed E-state index contributed by atoms with van der Waals surface area (Å²) in [6.07, 6.45) is -12.6. The van der Waals surface area contributed by atoms with E-state index in [0.717, 1.165) is 6.08 Å². The average Bonchev–Trinajstić information content (AvgIpc) is 2.75. The standard InChI is InChI=1S/C20H28O10/c1-2-19(27,10-6-4-3-5-7-10)17(26)15-14(24)16(25)20(28,9-30-15)18-13(23)12(22)11(21)8-29-18/h2-7,11-18,21-28H,1,8-9H2/t11-,12-,13+,14-,15+,16+,17?,18-,19?,20+/m1/s1. The second-order valence-electron chi connectivity index (χ2n) is 7.85. The molecule has 0 spiro atoms. The molecule has 168 valence electrons. The summed E-state index contributed by atoms with van der Waals surface area (Å²) in [4.78, 5) is 0. The molecule has 2 fully saturated rings. The van der Waals surface area contributed by atoms with Gasteiger partial charge >= 0.3 is 0 Å². The number of aliphatic hydroxyl groups is 8. The maximum atomic E-state index is 11.0. The molecule has 2 aliphatic heterocycles. The summed E-state index contributed by atoms with van der Waals surface area (Å²) in [5.74, 6) is 0. The third-order valence-corrected chi connectivity index (χ3v) is 5.98. The second kappa shape index (κ2) is 8.60. The zero-order valence-electron chi connectivity index (χ0n) is 16.1. The highest BCUT2D eigenvalue weighted by atomic mass is 16.6. The van der Waals surface area contributed by atoms with Gasteiger partial charge in [-0.05, 0) is 5.56 Å². The highest BCUT2D eigenvalue weighted by Gasteiger charge is 2.60. The third kappa shape index (κ3) is 3.69. The van der Waals surface area contributed by atoms with Crippen LogP contribution in [0.1, 0.15) is 5.56 Å². The molecule has 0 radical (unpaired) electrons. The van der Waals surface area contributed by atoms with Crippen LogP contribution in [-0.4, -0.2) is 108 Å². The number of hydrogen-bond acceptors (Lipinski definition) is 10. The molecule has 1 aromatic rings. The molecule has 0 aliphatic carbocycles. The number of ether oxygens (including phenoxy) is 2. The van der Waals surface area contributed by atoms with E-state index in [9.17, 15) is 40.9 Å². The largest absolute Gasteiger partial charge is 0.388 e. The van der Waals surface area contributed by atoms with Gasteiger partial charge < -0.3 is 50.3 Å². The lowest BCUT2D eigenvalue weighted by Crippen LogP contribution is -2.73. The van der Waals surface area contributed by atoms with Crippen LogP contribution in [0.5, 0.6) is 0 Å². The Hall–Kier alpha value is -1.44. The van der Waals surface area contributed by atoms with Gasteiger partial charge in [0.2, 0.25) is 0 Å². The minimum Gasteiger partial charge on any atom is -0.388 e. The van der Waals surface area contributed by atoms with Crippen LogP contribution in [-0.2, 0) is 15.1 Å². The number of hydrogen-bond donors (Lipinski definition) is 8. The van der Waals surface area contributed by atoms with Crippen LogP contribution in [0.2, 0.25) is 0 Å². The van der Waals surface area contributed by atoms with E-state index >= 15 is 0 Å². The zero-order valence-corrected chi connectivity index (χ0v) is 16.1. The maximum absolute atomic E-state index is 11.0. The number of rotatable bonds is 5. The molecule has 10 atom stereocenters. The Labute approximate surface area is 172 Å². The Morgan fingerprint density at radius 2 is 1.67 bits per heavy atom. The van der Waals surface area contributed by atoms with Crippen LogP contribution in [0.15, 0.2) is 43.0 Å². The van der Waals surface area contributed by atoms with E-state index in [2.05, 4.69) is 6.58 Å². The van der Waals surface area contributed by atoms with Gasteiger partial charge in [-0.2, -0.15) is 0 Å². The minimum atomic E-state index is -2.37. The molecule has 0 bridgehead atoms. The molecule has 0 amide bonds. The van der Waals surface area contributed by atoms with E-state index in [-0.39, 0.29) is 5.56 Å². The third-order valence-electron chi connectivity index (χ3n) is 5.98. The molecule has 10 heteroatoms. The number of aliphatic hydroxyl groups excluding tert-OH is 6. The van der Waals surface area contributed by atoms with Gasteiger partial charge in [-0.15, -0.1) is 0 Å². The van der Waals surface area contributed by atoms with Crippen LogP contribution >= 0.6 is 0 Å². The average molecular weight is 428 g/mol. The molecular formula is C20H28O10. The fraction of sp³-hybridized carbons (Fsp3) is 0.600. The smallest absolute Gasteiger partial charge is 0.145 e. The molecule has 10 nitrogen and oxygen atoms in total. The summed E-state index contributed by atoms with van der Waals surface area (Å²) in [5, 5.41) is 83.5. The van der Waals surface area contributed by atoms with Gasteiger partial charge in [-0.3, -0.25) is 0 Å². The van der Waals surface area contributed by atoms with E-state index in [1.165, 1.54) is 12.1 Å². The molecule has 0 aromatic heterocycles. The maximum Gasteiger partial charge on any atom is 0.145 e. The normalized spacial score (nSPS) is 42.9. The van der Waals surface area contributed by atoms with E-state index in [4.69, 9.17) is 9.47 Å². The van der Waals surface area contributed by atoms with E-state index < -0.39 is 73.2 Å². The van der Waals surface area contributed by atoms with Gasteiger partial charge in [0.25, 0.3) is 0 Å². The van der Waals surface area contributed by atoms with Crippen molar-refractivity contribution in [2.75, 3.05) is 13.2 Å². The summed E-state index contributed by atoms with van der Waals surface area (Å²) >= 11 is 0. The molecule has 2 unspecified atom stereocenters. The SMILES string of the molecule is C=CC(O)(c1ccccc1)C(O)[C@H]1OC[C@@](O)([C@@H]2OC[C@@H](O)[C@@H](O)[C@@H]2O)[C@@H](O)[C@@H]1O. The minimum absolute atomic E-state index is 0.266. The fourth-order valence-electron chi connectivity index (χ4n) is 4.03. The lowest BCUT2D eigenvalue weighted by atomic mass is 9.75. The first-order valence-electron chi connectivity index (χ1n) is 9.53. The molecule has 0 saturated carbocycles. The Bertz CT molecular complexity index is 732. The first kappa shape index (κ1) is 23.2. The van der Waals surface area contributed by atoms with Crippen molar-refractivity contribution in [2.24, 2.45) is 0 Å². The number of benzene rings is 1. The van der Waals surface area contributed by atoms with Crippen LogP contribution in [0.3, 0.4) is 0 Å². The molecular weight excluding hydrogens is 400 g/mol. The van der Waals surface area contributed by atoms with Crippen LogP contribution in [0.4, 0.5) is 0 Å². The predicted molar refractivity (Wildman–Crippen MR) is 101 cm³/mol. The predicted octanol–water partition coefficient (Wildman–Crippen LogP) is -3.25. The first-order valence-corrected chi connectivity index (χ1v) is 9.53. The Kier molecular flexibility index (Phi) is 6.65. The summed E-state index contributed by atoms with van der Waals surface area (Å²) < 4.78 is 10.6. The summed E-state index contributed by atoms with van der Waals surface area (Å²) in [6.45, 7) is 2.40. The van der Waals surface area contributed by atoms with Crippen LogP contribution in [0, 0.1) is 0 Å². The van der Waals surface area contributed by atoms with Crippen molar-refractivity contribution in [3.8, 4) is 0 Å². The van der Waals surface area contributed by atoms with Crippen molar-refractivity contribution < 1.29 is 50.3 Å². The molecule has 8 N–H and O–H groups in total.